The van der Waals surface area contributed by atoms with E-state index in [4.69, 9.17) is 4.74 Å². The first-order valence-electron chi connectivity index (χ1n) is 11.4. The molecule has 0 aliphatic carbocycles. The molecule has 0 unspecified atom stereocenters. The Morgan fingerprint density at radius 2 is 1.57 bits per heavy atom. The Bertz CT molecular complexity index is 1490. The fourth-order valence-electron chi connectivity index (χ4n) is 3.50. The van der Waals surface area contributed by atoms with Gasteiger partial charge in [-0.25, -0.2) is 13.2 Å². The van der Waals surface area contributed by atoms with Crippen LogP contribution in [0, 0.1) is 0 Å². The second-order valence-electron chi connectivity index (χ2n) is 7.74. The fourth-order valence-corrected chi connectivity index (χ4v) is 5.54. The molecule has 11 heteroatoms. The van der Waals surface area contributed by atoms with Crippen LogP contribution in [-0.2, 0) is 25.1 Å². The van der Waals surface area contributed by atoms with Crippen LogP contribution in [-0.4, -0.2) is 47.4 Å². The van der Waals surface area contributed by atoms with Gasteiger partial charge in [-0.2, -0.15) is 0 Å². The van der Waals surface area contributed by atoms with Crippen molar-refractivity contribution in [3.8, 4) is 5.69 Å². The van der Waals surface area contributed by atoms with E-state index in [2.05, 4.69) is 15.5 Å². The number of hydrogen-bond donors (Lipinski definition) is 1. The Morgan fingerprint density at radius 1 is 0.919 bits per heavy atom. The Balaban J connectivity index is 1.55. The average Bonchev–Trinajstić information content (AvgIpc) is 3.30. The van der Waals surface area contributed by atoms with Gasteiger partial charge in [-0.05, 0) is 43.3 Å². The summed E-state index contributed by atoms with van der Waals surface area (Å²) < 4.78 is 32.7. The van der Waals surface area contributed by atoms with Crippen LogP contribution in [0.1, 0.15) is 23.1 Å². The van der Waals surface area contributed by atoms with E-state index in [1.54, 1.807) is 54.0 Å². The molecule has 37 heavy (non-hydrogen) atoms. The van der Waals surface area contributed by atoms with Gasteiger partial charge in [0.25, 0.3) is 0 Å². The lowest BCUT2D eigenvalue weighted by molar-refractivity contribution is -0.113. The SMILES string of the molecule is CCOC(=O)c1ccccc1NC(=O)CSc1nnc(CS(=O)(=O)c2ccccc2)n1-c1ccccc1. The van der Waals surface area contributed by atoms with E-state index in [1.165, 1.54) is 12.1 Å². The zero-order valence-corrected chi connectivity index (χ0v) is 21.5. The normalized spacial score (nSPS) is 11.2. The monoisotopic (exact) mass is 536 g/mol. The Labute approximate surface area is 218 Å². The summed E-state index contributed by atoms with van der Waals surface area (Å²) >= 11 is 1.10. The molecule has 0 radical (unpaired) electrons. The minimum absolute atomic E-state index is 0.0481. The first kappa shape index (κ1) is 26.1. The number of para-hydroxylation sites is 2. The maximum Gasteiger partial charge on any atom is 0.340 e. The van der Waals surface area contributed by atoms with E-state index in [0.29, 0.717) is 16.5 Å². The molecule has 1 N–H and O–H groups in total. The predicted octanol–water partition coefficient (Wildman–Crippen LogP) is 4.15. The topological polar surface area (TPSA) is 120 Å². The summed E-state index contributed by atoms with van der Waals surface area (Å²) in [7, 11) is -3.68. The summed E-state index contributed by atoms with van der Waals surface area (Å²) in [6.07, 6.45) is 0. The third-order valence-electron chi connectivity index (χ3n) is 5.17. The molecule has 0 saturated heterocycles. The number of nitrogens with zero attached hydrogens (tertiary/aromatic N) is 3. The Kier molecular flexibility index (Phi) is 8.36. The number of esters is 1. The number of sulfone groups is 1. The number of nitrogens with one attached hydrogen (secondary N) is 1. The fraction of sp³-hybridized carbons (Fsp3) is 0.154. The van der Waals surface area contributed by atoms with Gasteiger partial charge in [0.05, 0.1) is 28.5 Å². The molecule has 3 aromatic carbocycles. The number of aromatic nitrogens is 3. The van der Waals surface area contributed by atoms with E-state index in [0.717, 1.165) is 11.8 Å². The highest BCUT2D eigenvalue weighted by Crippen LogP contribution is 2.25. The smallest absolute Gasteiger partial charge is 0.340 e. The molecule has 4 aromatic rings. The molecule has 1 heterocycles. The van der Waals surface area contributed by atoms with Crippen LogP contribution in [0.2, 0.25) is 0 Å². The molecule has 0 fully saturated rings. The minimum atomic E-state index is -3.68. The summed E-state index contributed by atoms with van der Waals surface area (Å²) in [5.41, 5.74) is 1.26. The quantitative estimate of drug-likeness (QED) is 0.237. The summed E-state index contributed by atoms with van der Waals surface area (Å²) in [6, 6.07) is 23.8. The molecule has 9 nitrogen and oxygen atoms in total. The van der Waals surface area contributed by atoms with E-state index in [-0.39, 0.29) is 40.3 Å². The maximum absolute atomic E-state index is 13.0. The highest BCUT2D eigenvalue weighted by Gasteiger charge is 2.23. The maximum atomic E-state index is 13.0. The Hall–Kier alpha value is -3.96. The lowest BCUT2D eigenvalue weighted by atomic mass is 10.2. The van der Waals surface area contributed by atoms with Crippen LogP contribution in [0.3, 0.4) is 0 Å². The van der Waals surface area contributed by atoms with Gasteiger partial charge in [0.1, 0.15) is 5.75 Å². The third-order valence-corrected chi connectivity index (χ3v) is 7.72. The summed E-state index contributed by atoms with van der Waals surface area (Å²) in [5, 5.41) is 11.4. The highest BCUT2D eigenvalue weighted by molar-refractivity contribution is 7.99. The van der Waals surface area contributed by atoms with Crippen molar-refractivity contribution in [2.24, 2.45) is 0 Å². The number of rotatable bonds is 10. The first-order chi connectivity index (χ1) is 17.9. The van der Waals surface area contributed by atoms with Crippen LogP contribution < -0.4 is 5.32 Å². The first-order valence-corrected chi connectivity index (χ1v) is 14.0. The van der Waals surface area contributed by atoms with Crippen molar-refractivity contribution in [1.82, 2.24) is 14.8 Å². The van der Waals surface area contributed by atoms with Crippen molar-refractivity contribution in [3.05, 3.63) is 96.3 Å². The number of anilines is 1. The highest BCUT2D eigenvalue weighted by atomic mass is 32.2. The molecule has 0 spiro atoms. The van der Waals surface area contributed by atoms with E-state index >= 15 is 0 Å². The van der Waals surface area contributed by atoms with E-state index < -0.39 is 15.8 Å². The van der Waals surface area contributed by atoms with Gasteiger partial charge in [0.15, 0.2) is 20.8 Å². The average molecular weight is 537 g/mol. The van der Waals surface area contributed by atoms with Gasteiger partial charge in [-0.1, -0.05) is 60.3 Å². The van der Waals surface area contributed by atoms with Crippen molar-refractivity contribution in [2.45, 2.75) is 22.7 Å². The van der Waals surface area contributed by atoms with Crippen molar-refractivity contribution in [2.75, 3.05) is 17.7 Å². The molecule has 0 aliphatic heterocycles. The van der Waals surface area contributed by atoms with Crippen LogP contribution >= 0.6 is 11.8 Å². The molecule has 0 bridgehead atoms. The minimum Gasteiger partial charge on any atom is -0.462 e. The number of carbonyl (C=O) groups is 2. The van der Waals surface area contributed by atoms with Crippen LogP contribution in [0.15, 0.2) is 95.0 Å². The largest absolute Gasteiger partial charge is 0.462 e. The van der Waals surface area contributed by atoms with Crippen LogP contribution in [0.25, 0.3) is 5.69 Å². The predicted molar refractivity (Wildman–Crippen MR) is 140 cm³/mol. The summed E-state index contributed by atoms with van der Waals surface area (Å²) in [5.74, 6) is -1.08. The standard InChI is InChI=1S/C26H24N4O5S2/c1-2-35-25(32)21-15-9-10-16-22(21)27-24(31)17-36-26-29-28-23(30(26)19-11-5-3-6-12-19)18-37(33,34)20-13-7-4-8-14-20/h3-16H,2,17-18H2,1H3,(H,27,31). The third kappa shape index (κ3) is 6.43. The van der Waals surface area contributed by atoms with Crippen LogP contribution in [0.4, 0.5) is 5.69 Å². The van der Waals surface area contributed by atoms with Crippen molar-refractivity contribution in [3.63, 3.8) is 0 Å². The molecule has 0 aliphatic rings. The second kappa shape index (κ2) is 11.8. The zero-order chi connectivity index (χ0) is 26.3. The lowest BCUT2D eigenvalue weighted by Gasteiger charge is -2.12. The second-order valence-corrected chi connectivity index (χ2v) is 10.7. The number of carbonyl (C=O) groups excluding carboxylic acids is 2. The van der Waals surface area contributed by atoms with Gasteiger partial charge < -0.3 is 10.1 Å². The van der Waals surface area contributed by atoms with Crippen LogP contribution in [0.5, 0.6) is 0 Å². The molecule has 4 rings (SSSR count). The molecule has 0 saturated carbocycles. The van der Waals surface area contributed by atoms with Crippen molar-refractivity contribution in [1.29, 1.82) is 0 Å². The number of amides is 1. The van der Waals surface area contributed by atoms with Gasteiger partial charge >= 0.3 is 5.97 Å². The molecule has 0 atom stereocenters. The number of benzene rings is 3. The number of hydrogen-bond acceptors (Lipinski definition) is 8. The number of thioether (sulfide) groups is 1. The zero-order valence-electron chi connectivity index (χ0n) is 19.9. The van der Waals surface area contributed by atoms with Gasteiger partial charge in [-0.15, -0.1) is 10.2 Å². The molecule has 1 amide bonds. The van der Waals surface area contributed by atoms with E-state index in [9.17, 15) is 18.0 Å². The summed E-state index contributed by atoms with van der Waals surface area (Å²) in [4.78, 5) is 25.1. The molecular weight excluding hydrogens is 512 g/mol. The molecular formula is C26H24N4O5S2. The van der Waals surface area contributed by atoms with E-state index in [1.807, 2.05) is 30.3 Å². The lowest BCUT2D eigenvalue weighted by Crippen LogP contribution is -2.18. The van der Waals surface area contributed by atoms with Crippen molar-refractivity contribution >= 4 is 39.2 Å². The van der Waals surface area contributed by atoms with Gasteiger partial charge in [0, 0.05) is 5.69 Å². The number of ether oxygens (including phenoxy) is 1. The van der Waals surface area contributed by atoms with Gasteiger partial charge in [-0.3, -0.25) is 9.36 Å². The molecule has 1 aromatic heterocycles. The van der Waals surface area contributed by atoms with Crippen molar-refractivity contribution < 1.29 is 22.7 Å². The molecule has 190 valence electrons. The van der Waals surface area contributed by atoms with Gasteiger partial charge in [0.2, 0.25) is 5.91 Å². The Morgan fingerprint density at radius 3 is 2.27 bits per heavy atom. The summed E-state index contributed by atoms with van der Waals surface area (Å²) in [6.45, 7) is 1.92.